The van der Waals surface area contributed by atoms with Gasteiger partial charge in [-0.25, -0.2) is 9.97 Å². The Kier molecular flexibility index (Phi) is 4.49. The first-order valence-corrected chi connectivity index (χ1v) is 10.0. The number of hydrogen-bond donors (Lipinski definition) is 3. The number of aliphatic hydroxyl groups excluding tert-OH is 2. The van der Waals surface area contributed by atoms with Crippen molar-refractivity contribution >= 4 is 11.0 Å². The molecule has 4 heterocycles. The first kappa shape index (κ1) is 18.5. The maximum absolute atomic E-state index is 10.8. The fraction of sp³-hybridized carbons (Fsp3) is 0.476. The molecule has 0 saturated heterocycles. The van der Waals surface area contributed by atoms with Crippen LogP contribution >= 0.6 is 0 Å². The molecule has 1 aliphatic carbocycles. The molecule has 0 radical (unpaired) electrons. The number of fused-ring (bicyclic) bond motifs is 2. The summed E-state index contributed by atoms with van der Waals surface area (Å²) in [6.07, 6.45) is 4.09. The van der Waals surface area contributed by atoms with Gasteiger partial charge in [0, 0.05) is 35.8 Å². The average molecular weight is 395 g/mol. The zero-order chi connectivity index (χ0) is 20.1. The summed E-state index contributed by atoms with van der Waals surface area (Å²) in [4.78, 5) is 13.1. The van der Waals surface area contributed by atoms with Crippen molar-refractivity contribution in [2.24, 2.45) is 0 Å². The molecule has 0 unspecified atom stereocenters. The number of ether oxygens (including phenoxy) is 1. The Balaban J connectivity index is 1.44. The van der Waals surface area contributed by atoms with E-state index in [1.54, 1.807) is 6.20 Å². The molecule has 1 fully saturated rings. The van der Waals surface area contributed by atoms with E-state index >= 15 is 0 Å². The second-order valence-corrected chi connectivity index (χ2v) is 7.95. The predicted molar refractivity (Wildman–Crippen MR) is 107 cm³/mol. The summed E-state index contributed by atoms with van der Waals surface area (Å²) in [5.41, 5.74) is 4.98. The van der Waals surface area contributed by atoms with Crippen LogP contribution in [-0.4, -0.2) is 54.6 Å². The molecule has 0 amide bonds. The van der Waals surface area contributed by atoms with Crippen LogP contribution in [0.2, 0.25) is 0 Å². The zero-order valence-electron chi connectivity index (χ0n) is 16.5. The van der Waals surface area contributed by atoms with E-state index in [0.717, 1.165) is 47.5 Å². The first-order chi connectivity index (χ1) is 14.0. The van der Waals surface area contributed by atoms with Crippen LogP contribution in [-0.2, 0) is 13.0 Å². The number of nitrogens with one attached hydrogen (secondary N) is 1. The molecule has 1 aliphatic heterocycles. The van der Waals surface area contributed by atoms with Crippen molar-refractivity contribution in [2.45, 2.75) is 57.6 Å². The third-order valence-electron chi connectivity index (χ3n) is 6.27. The van der Waals surface area contributed by atoms with Gasteiger partial charge in [0.2, 0.25) is 0 Å². The number of aryl methyl sites for hydroxylation is 2. The highest BCUT2D eigenvalue weighted by Crippen LogP contribution is 2.37. The minimum Gasteiger partial charge on any atom is -0.486 e. The molecular formula is C21H25N5O3. The third kappa shape index (κ3) is 2.99. The topological polar surface area (TPSA) is 105 Å². The van der Waals surface area contributed by atoms with Crippen LogP contribution in [0.15, 0.2) is 24.8 Å². The average Bonchev–Trinajstić information content (AvgIpc) is 3.28. The van der Waals surface area contributed by atoms with Gasteiger partial charge >= 0.3 is 0 Å². The summed E-state index contributed by atoms with van der Waals surface area (Å²) >= 11 is 0. The molecule has 0 bridgehead atoms. The monoisotopic (exact) mass is 395 g/mol. The predicted octanol–water partition coefficient (Wildman–Crippen LogP) is 1.20. The maximum Gasteiger partial charge on any atom is 0.143 e. The molecule has 1 saturated carbocycles. The Morgan fingerprint density at radius 1 is 1.10 bits per heavy atom. The van der Waals surface area contributed by atoms with Gasteiger partial charge in [-0.15, -0.1) is 0 Å². The number of aliphatic hydroxyl groups is 2. The molecular weight excluding hydrogens is 370 g/mol. The van der Waals surface area contributed by atoms with Gasteiger partial charge in [0.15, 0.2) is 0 Å². The van der Waals surface area contributed by atoms with Crippen molar-refractivity contribution < 1.29 is 14.9 Å². The quantitative estimate of drug-likeness (QED) is 0.612. The van der Waals surface area contributed by atoms with Crippen LogP contribution in [0.5, 0.6) is 5.75 Å². The van der Waals surface area contributed by atoms with Crippen LogP contribution in [0, 0.1) is 13.8 Å². The minimum atomic E-state index is -0.992. The van der Waals surface area contributed by atoms with Crippen molar-refractivity contribution in [2.75, 3.05) is 6.54 Å². The molecule has 0 spiro atoms. The van der Waals surface area contributed by atoms with Gasteiger partial charge in [0.25, 0.3) is 0 Å². The molecule has 2 aliphatic rings. The Morgan fingerprint density at radius 3 is 2.83 bits per heavy atom. The van der Waals surface area contributed by atoms with E-state index in [9.17, 15) is 10.2 Å². The van der Waals surface area contributed by atoms with E-state index in [0.29, 0.717) is 12.2 Å². The molecule has 8 nitrogen and oxygen atoms in total. The summed E-state index contributed by atoms with van der Waals surface area (Å²) in [7, 11) is 0. The van der Waals surface area contributed by atoms with Crippen LogP contribution < -0.4 is 10.1 Å². The third-order valence-corrected chi connectivity index (χ3v) is 6.27. The van der Waals surface area contributed by atoms with Crippen LogP contribution in [0.1, 0.15) is 35.0 Å². The van der Waals surface area contributed by atoms with E-state index in [1.807, 2.05) is 30.7 Å². The summed E-state index contributed by atoms with van der Waals surface area (Å²) < 4.78 is 8.14. The Hall–Kier alpha value is -2.55. The molecule has 8 heteroatoms. The maximum atomic E-state index is 10.8. The van der Waals surface area contributed by atoms with Gasteiger partial charge in [-0.05, 0) is 38.4 Å². The van der Waals surface area contributed by atoms with E-state index in [2.05, 4.69) is 20.3 Å². The van der Waals surface area contributed by atoms with Crippen molar-refractivity contribution in [3.8, 4) is 5.75 Å². The summed E-state index contributed by atoms with van der Waals surface area (Å²) in [6, 6.07) is 1.62. The van der Waals surface area contributed by atoms with E-state index in [-0.39, 0.29) is 6.04 Å². The van der Waals surface area contributed by atoms with Gasteiger partial charge in [-0.1, -0.05) is 0 Å². The molecule has 29 heavy (non-hydrogen) atoms. The second kappa shape index (κ2) is 7.05. The van der Waals surface area contributed by atoms with Gasteiger partial charge in [-0.3, -0.25) is 4.98 Å². The van der Waals surface area contributed by atoms with Crippen LogP contribution in [0.4, 0.5) is 0 Å². The summed E-state index contributed by atoms with van der Waals surface area (Å²) in [5.74, 6) is 0.685. The standard InChI is InChI=1S/C21H25N5O3/c1-11-13-3-5-22-8-15(13)18(9-23-11)29-17-7-16(19(27)20(17)28)26-6-4-14-12(2)24-10-25-21(14)26/h4,6,9-10,16-17,19-20,22,27-28H,3,5,7-8H2,1-2H3/t16-,17+,19+,20-/m1/s1. The normalized spacial score (nSPS) is 26.6. The van der Waals surface area contributed by atoms with E-state index in [4.69, 9.17) is 4.74 Å². The second-order valence-electron chi connectivity index (χ2n) is 7.95. The van der Waals surface area contributed by atoms with Crippen molar-refractivity contribution in [1.29, 1.82) is 0 Å². The Bertz CT molecular complexity index is 1070. The lowest BCUT2D eigenvalue weighted by Crippen LogP contribution is -2.35. The molecule has 152 valence electrons. The molecule has 3 aromatic rings. The van der Waals surface area contributed by atoms with Gasteiger partial charge in [0.05, 0.1) is 17.9 Å². The summed E-state index contributed by atoms with van der Waals surface area (Å²) in [6.45, 7) is 5.59. The zero-order valence-corrected chi connectivity index (χ0v) is 16.5. The number of hydrogen-bond acceptors (Lipinski definition) is 7. The van der Waals surface area contributed by atoms with Crippen molar-refractivity contribution in [1.82, 2.24) is 24.8 Å². The SMILES string of the molecule is Cc1ncc(O[C@H]2C[C@@H](n3ccc4c(C)ncnc43)[C@H](O)[C@@H]2O)c2c1CCNC2. The molecule has 5 rings (SSSR count). The largest absolute Gasteiger partial charge is 0.486 e. The smallest absolute Gasteiger partial charge is 0.143 e. The Labute approximate surface area is 168 Å². The lowest BCUT2D eigenvalue weighted by Gasteiger charge is -2.25. The lowest BCUT2D eigenvalue weighted by molar-refractivity contribution is -0.0167. The van der Waals surface area contributed by atoms with Crippen LogP contribution in [0.3, 0.4) is 0 Å². The number of aromatic nitrogens is 4. The summed E-state index contributed by atoms with van der Waals surface area (Å²) in [5, 5.41) is 25.8. The Morgan fingerprint density at radius 2 is 1.97 bits per heavy atom. The van der Waals surface area contributed by atoms with Gasteiger partial charge in [-0.2, -0.15) is 0 Å². The van der Waals surface area contributed by atoms with Crippen molar-refractivity contribution in [3.05, 3.63) is 47.3 Å². The molecule has 0 aromatic carbocycles. The van der Waals surface area contributed by atoms with Crippen molar-refractivity contribution in [3.63, 3.8) is 0 Å². The fourth-order valence-corrected chi connectivity index (χ4v) is 4.62. The fourth-order valence-electron chi connectivity index (χ4n) is 4.62. The highest BCUT2D eigenvalue weighted by molar-refractivity contribution is 5.78. The highest BCUT2D eigenvalue weighted by Gasteiger charge is 2.44. The van der Waals surface area contributed by atoms with Crippen LogP contribution in [0.25, 0.3) is 11.0 Å². The van der Waals surface area contributed by atoms with E-state index < -0.39 is 18.3 Å². The number of rotatable bonds is 3. The molecule has 3 aromatic heterocycles. The number of pyridine rings is 1. The molecule has 3 N–H and O–H groups in total. The minimum absolute atomic E-state index is 0.325. The van der Waals surface area contributed by atoms with Gasteiger partial charge in [0.1, 0.15) is 36.0 Å². The lowest BCUT2D eigenvalue weighted by atomic mass is 9.99. The van der Waals surface area contributed by atoms with Gasteiger partial charge < -0.3 is 24.8 Å². The molecule has 4 atom stereocenters. The highest BCUT2D eigenvalue weighted by atomic mass is 16.5. The van der Waals surface area contributed by atoms with E-state index in [1.165, 1.54) is 11.9 Å². The first-order valence-electron chi connectivity index (χ1n) is 10.0. The number of nitrogens with zero attached hydrogens (tertiary/aromatic N) is 4.